The molecule has 0 bridgehead atoms. The number of anilines is 1. The Hall–Kier alpha value is -2.46. The molecular formula is C27H29Cl2F3N2O3S. The topological polar surface area (TPSA) is 49.9 Å². The van der Waals surface area contributed by atoms with E-state index in [0.29, 0.717) is 15.9 Å². The molecule has 0 unspecified atom stereocenters. The molecule has 0 radical (unpaired) electrons. The first kappa shape index (κ1) is 30.1. The molecule has 0 saturated carbocycles. The second kappa shape index (κ2) is 13.6. The maximum atomic E-state index is 14.8. The normalized spacial score (nSPS) is 14.1. The number of hydrogen-bond acceptors (Lipinski definition) is 4. The first-order chi connectivity index (χ1) is 17.7. The van der Waals surface area contributed by atoms with Gasteiger partial charge in [0, 0.05) is 23.2 Å². The molecule has 38 heavy (non-hydrogen) atoms. The van der Waals surface area contributed by atoms with Crippen molar-refractivity contribution < 1.29 is 26.3 Å². The van der Waals surface area contributed by atoms with Gasteiger partial charge in [-0.3, -0.25) is 4.31 Å². The van der Waals surface area contributed by atoms with Gasteiger partial charge in [-0.15, -0.1) is 12.4 Å². The second-order valence-corrected chi connectivity index (χ2v) is 11.2. The fourth-order valence-electron chi connectivity index (χ4n) is 4.33. The number of hydrogen-bond donors (Lipinski definition) is 0. The Morgan fingerprint density at radius 1 is 0.895 bits per heavy atom. The lowest BCUT2D eigenvalue weighted by molar-refractivity contribution is 0.204. The van der Waals surface area contributed by atoms with Gasteiger partial charge in [0.05, 0.1) is 23.7 Å². The first-order valence-electron chi connectivity index (χ1n) is 12.1. The number of benzene rings is 3. The van der Waals surface area contributed by atoms with Gasteiger partial charge >= 0.3 is 0 Å². The summed E-state index contributed by atoms with van der Waals surface area (Å²) in [4.78, 5) is 2.19. The van der Waals surface area contributed by atoms with Crippen LogP contribution < -0.4 is 9.04 Å². The van der Waals surface area contributed by atoms with E-state index in [9.17, 15) is 21.6 Å². The van der Waals surface area contributed by atoms with Crippen LogP contribution >= 0.6 is 24.0 Å². The monoisotopic (exact) mass is 588 g/mol. The number of sulfonamides is 1. The third-order valence-electron chi connectivity index (χ3n) is 6.24. The SMILES string of the molecule is Cl.O=S(=O)(c1ccc(Cl)cc1)N(Cc1cc(F)ccc1OCCCN1CCCCC1)c1cc(F)ccc1F. The molecule has 11 heteroatoms. The fourth-order valence-corrected chi connectivity index (χ4v) is 5.90. The van der Waals surface area contributed by atoms with Crippen molar-refractivity contribution in [2.75, 3.05) is 30.5 Å². The van der Waals surface area contributed by atoms with Gasteiger partial charge in [0.15, 0.2) is 0 Å². The average Bonchev–Trinajstić information content (AvgIpc) is 2.88. The zero-order valence-electron chi connectivity index (χ0n) is 20.6. The van der Waals surface area contributed by atoms with E-state index in [1.54, 1.807) is 0 Å². The van der Waals surface area contributed by atoms with Crippen molar-refractivity contribution in [2.24, 2.45) is 0 Å². The number of piperidine rings is 1. The molecule has 0 N–H and O–H groups in total. The van der Waals surface area contributed by atoms with Gasteiger partial charge in [-0.2, -0.15) is 0 Å². The summed E-state index contributed by atoms with van der Waals surface area (Å²) in [5.41, 5.74) is -0.325. The molecule has 1 aliphatic heterocycles. The van der Waals surface area contributed by atoms with Crippen LogP contribution in [0.25, 0.3) is 0 Å². The molecule has 0 atom stereocenters. The Morgan fingerprint density at radius 3 is 2.26 bits per heavy atom. The molecule has 0 spiro atoms. The highest BCUT2D eigenvalue weighted by Crippen LogP contribution is 2.32. The summed E-state index contributed by atoms with van der Waals surface area (Å²) in [7, 11) is -4.39. The Labute approximate surface area is 232 Å². The van der Waals surface area contributed by atoms with Gasteiger partial charge in [0.25, 0.3) is 10.0 Å². The van der Waals surface area contributed by atoms with Crippen LogP contribution in [0.2, 0.25) is 5.02 Å². The van der Waals surface area contributed by atoms with E-state index in [4.69, 9.17) is 16.3 Å². The van der Waals surface area contributed by atoms with Crippen molar-refractivity contribution in [1.82, 2.24) is 4.90 Å². The average molecular weight is 590 g/mol. The Kier molecular flexibility index (Phi) is 10.7. The summed E-state index contributed by atoms with van der Waals surface area (Å²) < 4.78 is 77.0. The van der Waals surface area contributed by atoms with Crippen LogP contribution in [0.5, 0.6) is 5.75 Å². The van der Waals surface area contributed by atoms with E-state index in [-0.39, 0.29) is 28.6 Å². The summed E-state index contributed by atoms with van der Waals surface area (Å²) in [6.07, 6.45) is 4.34. The van der Waals surface area contributed by atoms with Crippen molar-refractivity contribution in [1.29, 1.82) is 0 Å². The van der Waals surface area contributed by atoms with Crippen molar-refractivity contribution in [3.05, 3.63) is 88.7 Å². The summed E-state index contributed by atoms with van der Waals surface area (Å²) in [6, 6.07) is 11.6. The maximum Gasteiger partial charge on any atom is 0.264 e. The van der Waals surface area contributed by atoms with Crippen LogP contribution in [0, 0.1) is 17.5 Å². The van der Waals surface area contributed by atoms with Crippen LogP contribution in [0.3, 0.4) is 0 Å². The van der Waals surface area contributed by atoms with E-state index < -0.39 is 39.7 Å². The number of nitrogens with zero attached hydrogens (tertiary/aromatic N) is 2. The highest BCUT2D eigenvalue weighted by atomic mass is 35.5. The largest absolute Gasteiger partial charge is 0.493 e. The number of rotatable bonds is 10. The first-order valence-corrected chi connectivity index (χ1v) is 13.9. The van der Waals surface area contributed by atoms with Crippen molar-refractivity contribution >= 4 is 39.7 Å². The number of likely N-dealkylation sites (tertiary alicyclic amines) is 1. The molecule has 1 fully saturated rings. The number of ether oxygens (including phenoxy) is 1. The maximum absolute atomic E-state index is 14.8. The van der Waals surface area contributed by atoms with Gasteiger partial charge in [-0.1, -0.05) is 18.0 Å². The van der Waals surface area contributed by atoms with E-state index in [0.717, 1.165) is 50.3 Å². The summed E-state index contributed by atoms with van der Waals surface area (Å²) >= 11 is 5.90. The molecule has 1 aliphatic rings. The van der Waals surface area contributed by atoms with Crippen molar-refractivity contribution in [3.63, 3.8) is 0 Å². The van der Waals surface area contributed by atoms with E-state index in [1.165, 1.54) is 55.7 Å². The Morgan fingerprint density at radius 2 is 1.55 bits per heavy atom. The Balaban J connectivity index is 0.00000400. The molecule has 0 aromatic heterocycles. The van der Waals surface area contributed by atoms with Crippen LogP contribution in [0.4, 0.5) is 18.9 Å². The zero-order chi connectivity index (χ0) is 26.4. The molecule has 1 heterocycles. The fraction of sp³-hybridized carbons (Fsp3) is 0.333. The van der Waals surface area contributed by atoms with Crippen LogP contribution in [-0.2, 0) is 16.6 Å². The molecule has 5 nitrogen and oxygen atoms in total. The predicted octanol–water partition coefficient (Wildman–Crippen LogP) is 6.83. The summed E-state index contributed by atoms with van der Waals surface area (Å²) in [5.74, 6) is -2.10. The molecule has 3 aromatic carbocycles. The van der Waals surface area contributed by atoms with Gasteiger partial charge in [0.1, 0.15) is 23.2 Å². The van der Waals surface area contributed by atoms with E-state index >= 15 is 0 Å². The highest BCUT2D eigenvalue weighted by Gasteiger charge is 2.29. The zero-order valence-corrected chi connectivity index (χ0v) is 23.0. The molecule has 3 aromatic rings. The molecule has 0 amide bonds. The third kappa shape index (κ3) is 7.56. The summed E-state index contributed by atoms with van der Waals surface area (Å²) in [6.45, 7) is 2.83. The lowest BCUT2D eigenvalue weighted by Gasteiger charge is -2.27. The van der Waals surface area contributed by atoms with Gasteiger partial charge in [-0.05, 0) is 86.9 Å². The highest BCUT2D eigenvalue weighted by molar-refractivity contribution is 7.92. The molecular weight excluding hydrogens is 560 g/mol. The van der Waals surface area contributed by atoms with Crippen LogP contribution in [0.15, 0.2) is 65.6 Å². The minimum atomic E-state index is -4.39. The summed E-state index contributed by atoms with van der Waals surface area (Å²) in [5, 5.41) is 0.313. The lowest BCUT2D eigenvalue weighted by atomic mass is 10.1. The third-order valence-corrected chi connectivity index (χ3v) is 8.27. The van der Waals surface area contributed by atoms with Crippen molar-refractivity contribution in [2.45, 2.75) is 37.1 Å². The second-order valence-electron chi connectivity index (χ2n) is 8.92. The lowest BCUT2D eigenvalue weighted by Crippen LogP contribution is -2.32. The van der Waals surface area contributed by atoms with Crippen LogP contribution in [-0.4, -0.2) is 39.6 Å². The standard InChI is InChI=1S/C27H28ClF3N2O3S.ClH/c28-21-5-9-24(10-6-21)37(34,35)33(26-18-23(30)7-11-25(26)31)19-20-17-22(29)8-12-27(20)36-16-4-15-32-13-2-1-3-14-32;/h5-12,17-18H,1-4,13-16,19H2;1H. The van der Waals surface area contributed by atoms with Gasteiger partial charge in [0.2, 0.25) is 0 Å². The molecule has 206 valence electrons. The van der Waals surface area contributed by atoms with Crippen LogP contribution in [0.1, 0.15) is 31.2 Å². The van der Waals surface area contributed by atoms with Gasteiger partial charge < -0.3 is 9.64 Å². The predicted molar refractivity (Wildman–Crippen MR) is 145 cm³/mol. The minimum Gasteiger partial charge on any atom is -0.493 e. The molecule has 1 saturated heterocycles. The quantitative estimate of drug-likeness (QED) is 0.244. The number of halogens is 5. The Bertz CT molecular complexity index is 1320. The van der Waals surface area contributed by atoms with E-state index in [2.05, 4.69) is 4.90 Å². The van der Waals surface area contributed by atoms with Crippen molar-refractivity contribution in [3.8, 4) is 5.75 Å². The van der Waals surface area contributed by atoms with E-state index in [1.807, 2.05) is 0 Å². The molecule has 0 aliphatic carbocycles. The smallest absolute Gasteiger partial charge is 0.264 e. The molecule has 4 rings (SSSR count). The van der Waals surface area contributed by atoms with Gasteiger partial charge in [-0.25, -0.2) is 21.6 Å². The minimum absolute atomic E-state index is 0.